The van der Waals surface area contributed by atoms with Gasteiger partial charge in [-0.2, -0.15) is 5.10 Å². The molecule has 1 aliphatic rings. The second kappa shape index (κ2) is 8.01. The van der Waals surface area contributed by atoms with E-state index in [2.05, 4.69) is 20.5 Å². The van der Waals surface area contributed by atoms with Gasteiger partial charge in [-0.1, -0.05) is 17.7 Å². The van der Waals surface area contributed by atoms with E-state index in [1.165, 1.54) is 6.33 Å². The quantitative estimate of drug-likeness (QED) is 0.812. The van der Waals surface area contributed by atoms with Gasteiger partial charge in [0, 0.05) is 24.0 Å². The SMILES string of the molecule is O=C(NCCOc1cccc(Cl)c1)N1CCC(c2ncn[nH]2)CC1. The van der Waals surface area contributed by atoms with E-state index < -0.39 is 0 Å². The van der Waals surface area contributed by atoms with Crippen LogP contribution in [-0.2, 0) is 0 Å². The molecule has 3 rings (SSSR count). The van der Waals surface area contributed by atoms with Crippen molar-refractivity contribution in [3.8, 4) is 5.75 Å². The fourth-order valence-corrected chi connectivity index (χ4v) is 2.94. The summed E-state index contributed by atoms with van der Waals surface area (Å²) in [6.45, 7) is 2.28. The highest BCUT2D eigenvalue weighted by Gasteiger charge is 2.25. The summed E-state index contributed by atoms with van der Waals surface area (Å²) in [5.74, 6) is 1.96. The topological polar surface area (TPSA) is 83.1 Å². The van der Waals surface area contributed by atoms with E-state index in [0.717, 1.165) is 18.7 Å². The van der Waals surface area contributed by atoms with Crippen molar-refractivity contribution in [2.45, 2.75) is 18.8 Å². The van der Waals surface area contributed by atoms with Crippen LogP contribution < -0.4 is 10.1 Å². The first-order valence-electron chi connectivity index (χ1n) is 7.99. The highest BCUT2D eigenvalue weighted by atomic mass is 35.5. The van der Waals surface area contributed by atoms with Gasteiger partial charge in [0.2, 0.25) is 0 Å². The molecule has 0 atom stereocenters. The minimum atomic E-state index is -0.0549. The number of benzene rings is 1. The van der Waals surface area contributed by atoms with Gasteiger partial charge < -0.3 is 15.0 Å². The van der Waals surface area contributed by atoms with Gasteiger partial charge in [0.05, 0.1) is 6.54 Å². The highest BCUT2D eigenvalue weighted by Crippen LogP contribution is 2.24. The number of likely N-dealkylation sites (tertiary alicyclic amines) is 1. The second-order valence-corrected chi connectivity index (χ2v) is 6.11. The summed E-state index contributed by atoms with van der Waals surface area (Å²) in [5, 5.41) is 10.3. The van der Waals surface area contributed by atoms with Crippen molar-refractivity contribution < 1.29 is 9.53 Å². The number of piperidine rings is 1. The van der Waals surface area contributed by atoms with Crippen LogP contribution in [0.1, 0.15) is 24.6 Å². The first-order valence-corrected chi connectivity index (χ1v) is 8.36. The molecule has 0 bridgehead atoms. The van der Waals surface area contributed by atoms with Crippen molar-refractivity contribution in [2.75, 3.05) is 26.2 Å². The Morgan fingerprint density at radius 3 is 2.96 bits per heavy atom. The van der Waals surface area contributed by atoms with Gasteiger partial charge in [0.15, 0.2) is 0 Å². The molecule has 8 heteroatoms. The number of halogens is 1. The molecule has 1 aromatic heterocycles. The Hall–Kier alpha value is -2.28. The average molecular weight is 350 g/mol. The molecule has 1 fully saturated rings. The highest BCUT2D eigenvalue weighted by molar-refractivity contribution is 6.30. The number of aromatic nitrogens is 3. The lowest BCUT2D eigenvalue weighted by molar-refractivity contribution is 0.178. The van der Waals surface area contributed by atoms with Crippen LogP contribution in [0.25, 0.3) is 0 Å². The largest absolute Gasteiger partial charge is 0.492 e. The predicted molar refractivity (Wildman–Crippen MR) is 90.3 cm³/mol. The maximum absolute atomic E-state index is 12.2. The average Bonchev–Trinajstić information content (AvgIpc) is 3.13. The molecule has 7 nitrogen and oxygen atoms in total. The summed E-state index contributed by atoms with van der Waals surface area (Å²) in [5.41, 5.74) is 0. The maximum atomic E-state index is 12.2. The zero-order valence-electron chi connectivity index (χ0n) is 13.2. The lowest BCUT2D eigenvalue weighted by Crippen LogP contribution is -2.45. The number of hydrogen-bond donors (Lipinski definition) is 2. The Bertz CT molecular complexity index is 656. The van der Waals surface area contributed by atoms with Gasteiger partial charge >= 0.3 is 6.03 Å². The fourth-order valence-electron chi connectivity index (χ4n) is 2.76. The van der Waals surface area contributed by atoms with Crippen LogP contribution in [0.15, 0.2) is 30.6 Å². The van der Waals surface area contributed by atoms with Crippen LogP contribution in [-0.4, -0.2) is 52.4 Å². The van der Waals surface area contributed by atoms with E-state index in [-0.39, 0.29) is 6.03 Å². The summed E-state index contributed by atoms with van der Waals surface area (Å²) in [7, 11) is 0. The number of nitrogens with zero attached hydrogens (tertiary/aromatic N) is 3. The van der Waals surface area contributed by atoms with Crippen molar-refractivity contribution in [1.82, 2.24) is 25.4 Å². The molecule has 2 heterocycles. The smallest absolute Gasteiger partial charge is 0.317 e. The van der Waals surface area contributed by atoms with E-state index in [1.54, 1.807) is 12.1 Å². The number of urea groups is 1. The van der Waals surface area contributed by atoms with Crippen LogP contribution in [0.5, 0.6) is 5.75 Å². The van der Waals surface area contributed by atoms with Crippen LogP contribution >= 0.6 is 11.6 Å². The number of carbonyl (C=O) groups excluding carboxylic acids is 1. The third-order valence-electron chi connectivity index (χ3n) is 4.05. The number of rotatable bonds is 5. The molecule has 0 saturated carbocycles. The van der Waals surface area contributed by atoms with E-state index in [9.17, 15) is 4.79 Å². The van der Waals surface area contributed by atoms with Crippen LogP contribution in [0.3, 0.4) is 0 Å². The molecule has 0 aliphatic carbocycles. The molecular weight excluding hydrogens is 330 g/mol. The van der Waals surface area contributed by atoms with Crippen molar-refractivity contribution in [3.63, 3.8) is 0 Å². The summed E-state index contributed by atoms with van der Waals surface area (Å²) >= 11 is 5.89. The Labute approximate surface area is 145 Å². The van der Waals surface area contributed by atoms with Crippen molar-refractivity contribution >= 4 is 17.6 Å². The fraction of sp³-hybridized carbons (Fsp3) is 0.438. The van der Waals surface area contributed by atoms with E-state index in [4.69, 9.17) is 16.3 Å². The maximum Gasteiger partial charge on any atom is 0.317 e. The number of aromatic amines is 1. The first-order chi connectivity index (χ1) is 11.7. The third-order valence-corrected chi connectivity index (χ3v) is 4.28. The number of ether oxygens (including phenoxy) is 1. The van der Waals surface area contributed by atoms with Crippen molar-refractivity contribution in [2.24, 2.45) is 0 Å². The molecule has 1 aromatic carbocycles. The zero-order valence-corrected chi connectivity index (χ0v) is 14.0. The minimum absolute atomic E-state index is 0.0549. The molecule has 0 radical (unpaired) electrons. The first kappa shape index (κ1) is 16.6. The Morgan fingerprint density at radius 1 is 1.42 bits per heavy atom. The van der Waals surface area contributed by atoms with Gasteiger partial charge in [0.25, 0.3) is 0 Å². The lowest BCUT2D eigenvalue weighted by atomic mass is 9.96. The molecule has 1 saturated heterocycles. The Balaban J connectivity index is 1.35. The van der Waals surface area contributed by atoms with E-state index in [1.807, 2.05) is 17.0 Å². The molecule has 24 heavy (non-hydrogen) atoms. The van der Waals surface area contributed by atoms with Crippen molar-refractivity contribution in [3.05, 3.63) is 41.4 Å². The monoisotopic (exact) mass is 349 g/mol. The molecular formula is C16H20ClN5O2. The number of nitrogens with one attached hydrogen (secondary N) is 2. The standard InChI is InChI=1S/C16H20ClN5O2/c17-13-2-1-3-14(10-13)24-9-6-18-16(23)22-7-4-12(5-8-22)15-19-11-20-21-15/h1-3,10-12H,4-9H2,(H,18,23)(H,19,20,21). The summed E-state index contributed by atoms with van der Waals surface area (Å²) in [6, 6.07) is 7.15. The third kappa shape index (κ3) is 4.38. The van der Waals surface area contributed by atoms with Gasteiger partial charge in [-0.25, -0.2) is 9.78 Å². The van der Waals surface area contributed by atoms with Gasteiger partial charge in [-0.15, -0.1) is 0 Å². The minimum Gasteiger partial charge on any atom is -0.492 e. The molecule has 2 amide bonds. The number of amides is 2. The summed E-state index contributed by atoms with van der Waals surface area (Å²) < 4.78 is 5.55. The molecule has 2 N–H and O–H groups in total. The van der Waals surface area contributed by atoms with Gasteiger partial charge in [-0.05, 0) is 31.0 Å². The number of carbonyl (C=O) groups is 1. The number of H-pyrrole nitrogens is 1. The zero-order chi connectivity index (χ0) is 16.8. The molecule has 0 spiro atoms. The summed E-state index contributed by atoms with van der Waals surface area (Å²) in [6.07, 6.45) is 3.30. The molecule has 2 aromatic rings. The lowest BCUT2D eigenvalue weighted by Gasteiger charge is -2.31. The Kier molecular flexibility index (Phi) is 5.53. The predicted octanol–water partition coefficient (Wildman–Crippen LogP) is 2.43. The second-order valence-electron chi connectivity index (χ2n) is 5.67. The van der Waals surface area contributed by atoms with Crippen LogP contribution in [0.4, 0.5) is 4.79 Å². The van der Waals surface area contributed by atoms with Gasteiger partial charge in [0.1, 0.15) is 24.5 Å². The normalized spacial score (nSPS) is 15.3. The van der Waals surface area contributed by atoms with Gasteiger partial charge in [-0.3, -0.25) is 5.10 Å². The van der Waals surface area contributed by atoms with Crippen LogP contribution in [0.2, 0.25) is 5.02 Å². The summed E-state index contributed by atoms with van der Waals surface area (Å²) in [4.78, 5) is 18.2. The van der Waals surface area contributed by atoms with Crippen molar-refractivity contribution in [1.29, 1.82) is 0 Å². The number of hydrogen-bond acceptors (Lipinski definition) is 4. The van der Waals surface area contributed by atoms with E-state index in [0.29, 0.717) is 42.9 Å². The van der Waals surface area contributed by atoms with E-state index >= 15 is 0 Å². The Morgan fingerprint density at radius 2 is 2.25 bits per heavy atom. The molecule has 128 valence electrons. The molecule has 0 unspecified atom stereocenters. The molecule has 1 aliphatic heterocycles. The van der Waals surface area contributed by atoms with Crippen LogP contribution in [0, 0.1) is 0 Å².